The van der Waals surface area contributed by atoms with Crippen molar-refractivity contribution in [2.75, 3.05) is 64.4 Å². The van der Waals surface area contributed by atoms with Crippen LogP contribution in [-0.4, -0.2) is 229 Å². The van der Waals surface area contributed by atoms with E-state index in [1.165, 1.54) is 61.2 Å². The molecule has 0 bridgehead atoms. The summed E-state index contributed by atoms with van der Waals surface area (Å²) in [4.78, 5) is 193. The fourth-order valence-electron chi connectivity index (χ4n) is 15.3. The lowest BCUT2D eigenvalue weighted by Gasteiger charge is -2.32. The molecule has 3 aromatic carbocycles. The maximum Gasteiger partial charge on any atom is 0.264 e. The number of guanidine groups is 1. The van der Waals surface area contributed by atoms with Gasteiger partial charge in [-0.3, -0.25) is 67.3 Å². The number of unbranched alkanes of at least 4 members (excludes halogenated alkanes) is 12. The molecule has 13 amide bonds. The van der Waals surface area contributed by atoms with Crippen LogP contribution in [0.5, 0.6) is 0 Å². The lowest BCUT2D eigenvalue weighted by molar-refractivity contribution is -0.143. The average molecular weight is 1770 g/mol. The topological polar surface area (TPSA) is 531 Å². The highest BCUT2D eigenvalue weighted by molar-refractivity contribution is 7.98. The van der Waals surface area contributed by atoms with E-state index in [1.54, 1.807) is 92.5 Å². The minimum absolute atomic E-state index is 0.00223. The minimum atomic E-state index is -1.47. The van der Waals surface area contributed by atoms with Gasteiger partial charge in [-0.25, -0.2) is 0 Å². The van der Waals surface area contributed by atoms with E-state index in [4.69, 9.17) is 28.7 Å². The Bertz CT molecular complexity index is 4150. The Balaban J connectivity index is 1.06. The molecule has 0 aliphatic carbocycles. The van der Waals surface area contributed by atoms with Crippen LogP contribution in [0.15, 0.2) is 113 Å². The van der Waals surface area contributed by atoms with E-state index in [0.717, 1.165) is 49.2 Å². The van der Waals surface area contributed by atoms with Crippen LogP contribution in [0.25, 0.3) is 10.9 Å². The summed E-state index contributed by atoms with van der Waals surface area (Å²) in [5, 5.41) is 32.7. The lowest BCUT2D eigenvalue weighted by atomic mass is 10.00. The van der Waals surface area contributed by atoms with Crippen molar-refractivity contribution in [2.24, 2.45) is 44.7 Å². The summed E-state index contributed by atoms with van der Waals surface area (Å²) in [5.41, 5.74) is 34.6. The third-order valence-electron chi connectivity index (χ3n) is 22.4. The molecule has 35 heteroatoms. The molecule has 22 N–H and O–H groups in total. The van der Waals surface area contributed by atoms with Crippen molar-refractivity contribution in [3.8, 4) is 0 Å². The molecule has 34 nitrogen and oxygen atoms in total. The van der Waals surface area contributed by atoms with Crippen LogP contribution in [0.1, 0.15) is 211 Å². The van der Waals surface area contributed by atoms with Gasteiger partial charge >= 0.3 is 0 Å². The van der Waals surface area contributed by atoms with Crippen molar-refractivity contribution in [3.63, 3.8) is 0 Å². The van der Waals surface area contributed by atoms with Crippen molar-refractivity contribution >= 4 is 112 Å². The molecule has 694 valence electrons. The Morgan fingerprint density at radius 3 is 1.65 bits per heavy atom. The molecule has 4 aromatic rings. The number of amides is 13. The van der Waals surface area contributed by atoms with Crippen LogP contribution in [0, 0.1) is 5.92 Å². The monoisotopic (exact) mass is 1770 g/mol. The number of nitrogens with two attached hydrogens (primary N) is 5. The molecular formula is C91H141N21O13S. The van der Waals surface area contributed by atoms with Crippen molar-refractivity contribution < 1.29 is 62.3 Å². The smallest absolute Gasteiger partial charge is 0.264 e. The number of benzene rings is 3. The van der Waals surface area contributed by atoms with Gasteiger partial charge in [0.1, 0.15) is 67.1 Å². The summed E-state index contributed by atoms with van der Waals surface area (Å²) in [7, 11) is 0. The lowest BCUT2D eigenvalue weighted by Crippen LogP contribution is -2.61. The Morgan fingerprint density at radius 1 is 0.524 bits per heavy atom. The molecule has 0 saturated carbocycles. The highest BCUT2D eigenvalue weighted by Crippen LogP contribution is 2.25. The normalized spacial score (nSPS) is 15.7. The molecule has 10 atom stereocenters. The molecule has 126 heavy (non-hydrogen) atoms. The fraction of sp³-hybridized carbons (Fsp3) is 0.593. The van der Waals surface area contributed by atoms with Crippen LogP contribution in [-0.2, 0) is 81.6 Å². The van der Waals surface area contributed by atoms with E-state index in [0.29, 0.717) is 93.4 Å². The highest BCUT2D eigenvalue weighted by Gasteiger charge is 2.42. The number of likely N-dealkylation sites (tertiary alicyclic amines) is 2. The van der Waals surface area contributed by atoms with Crippen LogP contribution >= 0.6 is 11.8 Å². The number of H-pyrrole nitrogens is 1. The van der Waals surface area contributed by atoms with Gasteiger partial charge in [-0.1, -0.05) is 163 Å². The summed E-state index contributed by atoms with van der Waals surface area (Å²) < 4.78 is 0. The molecule has 0 spiro atoms. The zero-order valence-electron chi connectivity index (χ0n) is 74.2. The standard InChI is InChI=1S/C91H141N21O13S/c1-5-6-7-8-9-10-11-12-13-14-15-16-17-18-25-46-77(113)97-51-34-52-99-79(115)61-103-102-60-78(114)98-49-30-42-69(81(94)116)104-88(123)80(62(2)3)110-87(122)76-45-33-54-112(76)90(125)71(41-28-29-48-92)106-84(119)72(56-63-35-21-19-22-36-63)107-85(120)74(58-65-59-101-68-40-27-26-39-66(65)68)108-82(117)70(43-31-50-100-91(95)96)105-83(118)73(57-64-37-23-20-24-38-64)109-86(121)75-44-32-53-111(75)89(124)67(93)47-55-126-4/h12-13,19-24,26-27,35-40,59,61-62,67,69-76,80,101-102H,5-11,14-18,25,28-34,41-58,60,92-93H2,1-4H3,(H2,94,116)(H,97,113)(H,98,114)(H,99,115)(H,104,123)(H,105,118)(H,106,119)(H,107,120)(H,108,117)(H,109,121)(H,110,122)(H4,95,96,100)/b13-12-,103-61+/t67-,69-,70-,71-,72-,73+,74+,75-,76-,80-/m0/s1. The van der Waals surface area contributed by atoms with Gasteiger partial charge in [0, 0.05) is 82.1 Å². The van der Waals surface area contributed by atoms with Gasteiger partial charge in [-0.05, 0) is 163 Å². The maximum absolute atomic E-state index is 15.5. The third-order valence-corrected chi connectivity index (χ3v) is 23.0. The van der Waals surface area contributed by atoms with E-state index in [1.807, 2.05) is 30.5 Å². The third kappa shape index (κ3) is 38.5. The number of aromatic nitrogens is 1. The Labute approximate surface area is 746 Å². The number of carbonyl (C=O) groups excluding carboxylic acids is 13. The predicted octanol–water partition coefficient (Wildman–Crippen LogP) is 4.11. The number of hydrogen-bond donors (Lipinski definition) is 17. The molecule has 2 fully saturated rings. The average Bonchev–Trinajstić information content (AvgIpc) is 1.69. The summed E-state index contributed by atoms with van der Waals surface area (Å²) in [6.45, 7) is 6.77. The quantitative estimate of drug-likeness (QED) is 0.00972. The van der Waals surface area contributed by atoms with E-state index in [9.17, 15) is 43.2 Å². The van der Waals surface area contributed by atoms with Gasteiger partial charge in [-0.2, -0.15) is 16.9 Å². The Morgan fingerprint density at radius 2 is 1.04 bits per heavy atom. The van der Waals surface area contributed by atoms with E-state index < -0.39 is 131 Å². The molecule has 1 aromatic heterocycles. The number of aliphatic imine (C=N–C) groups is 1. The SMILES string of the molecule is CCCCCCCC/C=C\CCCCCCCC(=O)NCCCNC(=O)/C=N/NCC(=O)NCCC[C@H](NC(=O)[C@@H](NC(=O)[C@@H]1CCCN1C(=O)[C@H](CCCCN)NC(=O)[C@H](Cc1ccccc1)NC(=O)[C@@H](Cc1c[nH]c2ccccc12)NC(=O)[C@H](CCCN=C(N)N)NC(=O)[C@@H](Cc1ccccc1)NC(=O)[C@@H]1CCCN1C(=O)[C@@H](N)CCSC)C(C)C)C(N)=O. The van der Waals surface area contributed by atoms with Crippen molar-refractivity contribution in [1.29, 1.82) is 0 Å². The number of nitrogens with zero attached hydrogens (tertiary/aromatic N) is 4. The highest BCUT2D eigenvalue weighted by atomic mass is 32.2. The van der Waals surface area contributed by atoms with Gasteiger partial charge < -0.3 is 102 Å². The molecule has 0 unspecified atom stereocenters. The number of thioether (sulfide) groups is 1. The van der Waals surface area contributed by atoms with E-state index in [2.05, 4.69) is 92.7 Å². The van der Waals surface area contributed by atoms with Gasteiger partial charge in [-0.15, -0.1) is 0 Å². The number of para-hydroxylation sites is 1. The first-order chi connectivity index (χ1) is 60.8. The van der Waals surface area contributed by atoms with E-state index in [-0.39, 0.29) is 108 Å². The van der Waals surface area contributed by atoms with Gasteiger partial charge in [0.05, 0.1) is 6.04 Å². The molecule has 2 aliphatic rings. The maximum atomic E-state index is 15.5. The number of hydrogen-bond acceptors (Lipinski definition) is 19. The van der Waals surface area contributed by atoms with Crippen molar-refractivity contribution in [3.05, 3.63) is 120 Å². The first kappa shape index (κ1) is 104. The Kier molecular flexibility index (Phi) is 48.7. The first-order valence-corrected chi connectivity index (χ1v) is 46.6. The number of rotatable bonds is 62. The summed E-state index contributed by atoms with van der Waals surface area (Å²) in [6, 6.07) is 12.8. The van der Waals surface area contributed by atoms with E-state index >= 15 is 19.2 Å². The molecule has 0 radical (unpaired) electrons. The summed E-state index contributed by atoms with van der Waals surface area (Å²) in [6.07, 6.45) is 28.2. The predicted molar refractivity (Wildman–Crippen MR) is 492 cm³/mol. The Hall–Kier alpha value is -10.9. The van der Waals surface area contributed by atoms with Crippen molar-refractivity contribution in [1.82, 2.24) is 73.4 Å². The first-order valence-electron chi connectivity index (χ1n) is 45.2. The molecule has 2 aliphatic heterocycles. The molecular weight excluding hydrogens is 1630 g/mol. The number of primary amides is 1. The zero-order chi connectivity index (χ0) is 91.4. The molecule has 6 rings (SSSR count). The van der Waals surface area contributed by atoms with Crippen LogP contribution in [0.2, 0.25) is 0 Å². The molecule has 3 heterocycles. The van der Waals surface area contributed by atoms with Gasteiger partial charge in [0.25, 0.3) is 5.91 Å². The van der Waals surface area contributed by atoms with Crippen LogP contribution in [0.3, 0.4) is 0 Å². The number of hydrazone groups is 1. The zero-order valence-corrected chi connectivity index (χ0v) is 75.0. The van der Waals surface area contributed by atoms with Crippen LogP contribution in [0.4, 0.5) is 0 Å². The second kappa shape index (κ2) is 59.1. The van der Waals surface area contributed by atoms with Gasteiger partial charge in [0.2, 0.25) is 70.9 Å². The number of nitrogens with one attached hydrogen (secondary N) is 12. The number of carbonyl (C=O) groups is 13. The minimum Gasteiger partial charge on any atom is -0.370 e. The number of fused-ring (bicyclic) bond motifs is 1. The van der Waals surface area contributed by atoms with Crippen LogP contribution < -0.4 is 87.3 Å². The summed E-state index contributed by atoms with van der Waals surface area (Å²) in [5.74, 6) is -8.16. The molecule has 2 saturated heterocycles. The largest absolute Gasteiger partial charge is 0.370 e. The van der Waals surface area contributed by atoms with Crippen molar-refractivity contribution in [2.45, 2.75) is 274 Å². The second-order valence-electron chi connectivity index (χ2n) is 32.9. The number of aromatic amines is 1. The van der Waals surface area contributed by atoms with Gasteiger partial charge in [0.15, 0.2) is 5.96 Å². The fourth-order valence-corrected chi connectivity index (χ4v) is 15.8. The number of allylic oxidation sites excluding steroid dienone is 2. The summed E-state index contributed by atoms with van der Waals surface area (Å²) >= 11 is 1.54. The second-order valence-corrected chi connectivity index (χ2v) is 33.8.